The highest BCUT2D eigenvalue weighted by Gasteiger charge is 2.35. The fraction of sp³-hybridized carbons (Fsp3) is 0.692. The molecule has 0 aliphatic carbocycles. The number of hydrogen-bond acceptors (Lipinski definition) is 4. The van der Waals surface area contributed by atoms with Crippen LogP contribution in [-0.2, 0) is 18.0 Å². The van der Waals surface area contributed by atoms with Gasteiger partial charge in [0.05, 0.1) is 0 Å². The number of hydrogen-bond donors (Lipinski definition) is 2. The molecule has 0 fully saturated rings. The van der Waals surface area contributed by atoms with Gasteiger partial charge in [0, 0.05) is 31.7 Å². The molecule has 6 nitrogen and oxygen atoms in total. The number of aromatic nitrogens is 2. The minimum atomic E-state index is -4.52. The highest BCUT2D eigenvalue weighted by molar-refractivity contribution is 5.67. The second-order valence-corrected chi connectivity index (χ2v) is 5.89. The third-order valence-electron chi connectivity index (χ3n) is 2.80. The molecule has 1 unspecified atom stereocenters. The Kier molecular flexibility index (Phi) is 5.44. The first-order chi connectivity index (χ1) is 9.94. The van der Waals surface area contributed by atoms with Crippen LogP contribution in [0.4, 0.5) is 18.0 Å². The lowest BCUT2D eigenvalue weighted by Gasteiger charge is -2.21. The summed E-state index contributed by atoms with van der Waals surface area (Å²) in [7, 11) is 1.40. The molecule has 0 radical (unpaired) electrons. The van der Waals surface area contributed by atoms with Gasteiger partial charge in [-0.25, -0.2) is 4.79 Å². The summed E-state index contributed by atoms with van der Waals surface area (Å²) in [6, 6.07) is 0.939. The lowest BCUT2D eigenvalue weighted by Crippen LogP contribution is -2.36. The highest BCUT2D eigenvalue weighted by Crippen LogP contribution is 2.30. The lowest BCUT2D eigenvalue weighted by molar-refractivity contribution is -0.141. The monoisotopic (exact) mass is 322 g/mol. The van der Waals surface area contributed by atoms with E-state index >= 15 is 0 Å². The summed E-state index contributed by atoms with van der Waals surface area (Å²) in [5.74, 6) is -0.499. The Morgan fingerprint density at radius 3 is 2.45 bits per heavy atom. The number of carbonyl (C=O) groups is 1. The number of halogens is 3. The largest absolute Gasteiger partial charge is 0.444 e. The maximum atomic E-state index is 12.7. The molecular formula is C13H21F3N4O2. The number of alkyl halides is 3. The van der Waals surface area contributed by atoms with Crippen LogP contribution in [0.25, 0.3) is 0 Å². The summed E-state index contributed by atoms with van der Waals surface area (Å²) in [6.07, 6.45) is -5.17. The Morgan fingerprint density at radius 2 is 2.05 bits per heavy atom. The molecule has 0 aliphatic rings. The second kappa shape index (κ2) is 6.55. The van der Waals surface area contributed by atoms with E-state index in [0.717, 1.165) is 10.7 Å². The number of alkyl carbamates (subject to hydrolysis) is 1. The van der Waals surface area contributed by atoms with E-state index in [4.69, 9.17) is 10.5 Å². The maximum Gasteiger partial charge on any atom is 0.435 e. The normalized spacial score (nSPS) is 13.8. The van der Waals surface area contributed by atoms with Crippen molar-refractivity contribution in [2.24, 2.45) is 12.8 Å². The van der Waals surface area contributed by atoms with Gasteiger partial charge in [-0.05, 0) is 26.8 Å². The van der Waals surface area contributed by atoms with Crippen molar-refractivity contribution < 1.29 is 22.7 Å². The van der Waals surface area contributed by atoms with Crippen molar-refractivity contribution in [3.05, 3.63) is 17.5 Å². The first-order valence-corrected chi connectivity index (χ1v) is 6.72. The van der Waals surface area contributed by atoms with E-state index in [9.17, 15) is 18.0 Å². The van der Waals surface area contributed by atoms with E-state index in [1.54, 1.807) is 20.8 Å². The smallest absolute Gasteiger partial charge is 0.435 e. The van der Waals surface area contributed by atoms with Gasteiger partial charge in [0.2, 0.25) is 0 Å². The Morgan fingerprint density at radius 1 is 1.45 bits per heavy atom. The Hall–Kier alpha value is -1.77. The van der Waals surface area contributed by atoms with Crippen LogP contribution >= 0.6 is 0 Å². The second-order valence-electron chi connectivity index (χ2n) is 5.89. The summed E-state index contributed by atoms with van der Waals surface area (Å²) in [6.45, 7) is 5.26. The molecule has 0 aromatic carbocycles. The van der Waals surface area contributed by atoms with Crippen LogP contribution in [0.2, 0.25) is 0 Å². The van der Waals surface area contributed by atoms with Crippen LogP contribution in [-0.4, -0.2) is 34.6 Å². The third kappa shape index (κ3) is 5.21. The molecule has 1 rings (SSSR count). The van der Waals surface area contributed by atoms with Crippen molar-refractivity contribution >= 4 is 6.09 Å². The van der Waals surface area contributed by atoms with Crippen LogP contribution in [0, 0.1) is 0 Å². The zero-order valence-electron chi connectivity index (χ0n) is 13.0. The molecule has 0 saturated carbocycles. The van der Waals surface area contributed by atoms with Gasteiger partial charge < -0.3 is 15.8 Å². The molecule has 3 N–H and O–H groups in total. The van der Waals surface area contributed by atoms with Gasteiger partial charge in [-0.3, -0.25) is 4.68 Å². The molecule has 1 atom stereocenters. The van der Waals surface area contributed by atoms with Crippen molar-refractivity contribution in [2.75, 3.05) is 13.1 Å². The molecule has 0 spiro atoms. The standard InChI is InChI=1S/C13H21F3N4O2/c1-12(2,3)22-11(21)18-7-8(6-17)9-5-10(13(14,15)16)19-20(9)4/h5,8H,6-7,17H2,1-4H3,(H,18,21). The molecule has 0 aliphatic heterocycles. The third-order valence-corrected chi connectivity index (χ3v) is 2.80. The molecule has 126 valence electrons. The average Bonchev–Trinajstić information content (AvgIpc) is 2.70. The SMILES string of the molecule is Cn1nc(C(F)(F)F)cc1C(CN)CNC(=O)OC(C)(C)C. The van der Waals surface area contributed by atoms with Crippen LogP contribution in [0.1, 0.15) is 38.1 Å². The van der Waals surface area contributed by atoms with Crippen molar-refractivity contribution in [1.82, 2.24) is 15.1 Å². The zero-order chi connectivity index (χ0) is 17.1. The molecular weight excluding hydrogens is 301 g/mol. The molecule has 22 heavy (non-hydrogen) atoms. The lowest BCUT2D eigenvalue weighted by atomic mass is 10.1. The number of ether oxygens (including phenoxy) is 1. The Bertz CT molecular complexity index is 520. The van der Waals surface area contributed by atoms with Crippen LogP contribution < -0.4 is 11.1 Å². The summed E-state index contributed by atoms with van der Waals surface area (Å²) in [4.78, 5) is 11.6. The minimum Gasteiger partial charge on any atom is -0.444 e. The number of rotatable bonds is 4. The molecule has 9 heteroatoms. The van der Waals surface area contributed by atoms with Crippen molar-refractivity contribution in [3.8, 4) is 0 Å². The molecule has 0 bridgehead atoms. The van der Waals surface area contributed by atoms with Gasteiger partial charge in [-0.1, -0.05) is 0 Å². The fourth-order valence-corrected chi connectivity index (χ4v) is 1.83. The summed E-state index contributed by atoms with van der Waals surface area (Å²) in [5.41, 5.74) is 4.25. The summed E-state index contributed by atoms with van der Waals surface area (Å²) in [5, 5.41) is 5.93. The maximum absolute atomic E-state index is 12.7. The van der Waals surface area contributed by atoms with Crippen LogP contribution in [0.5, 0.6) is 0 Å². The highest BCUT2D eigenvalue weighted by atomic mass is 19.4. The fourth-order valence-electron chi connectivity index (χ4n) is 1.83. The minimum absolute atomic E-state index is 0.0578. The van der Waals surface area contributed by atoms with Gasteiger partial charge in [0.25, 0.3) is 0 Å². The molecule has 1 heterocycles. The van der Waals surface area contributed by atoms with Crippen molar-refractivity contribution in [3.63, 3.8) is 0 Å². The average molecular weight is 322 g/mol. The van der Waals surface area contributed by atoms with E-state index in [1.165, 1.54) is 7.05 Å². The Balaban J connectivity index is 2.77. The van der Waals surface area contributed by atoms with Gasteiger partial charge in [0.1, 0.15) is 5.60 Å². The molecule has 0 saturated heterocycles. The van der Waals surface area contributed by atoms with Gasteiger partial charge in [-0.15, -0.1) is 0 Å². The predicted octanol–water partition coefficient (Wildman–Crippen LogP) is 2.01. The van der Waals surface area contributed by atoms with Crippen molar-refractivity contribution in [2.45, 2.75) is 38.5 Å². The van der Waals surface area contributed by atoms with Crippen LogP contribution in [0.3, 0.4) is 0 Å². The quantitative estimate of drug-likeness (QED) is 0.888. The van der Waals surface area contributed by atoms with Gasteiger partial charge >= 0.3 is 12.3 Å². The van der Waals surface area contributed by atoms with E-state index < -0.39 is 29.5 Å². The zero-order valence-corrected chi connectivity index (χ0v) is 13.0. The number of aryl methyl sites for hydroxylation is 1. The number of nitrogens with one attached hydrogen (secondary N) is 1. The number of carbonyl (C=O) groups excluding carboxylic acids is 1. The molecule has 1 aromatic heterocycles. The number of nitrogens with zero attached hydrogens (tertiary/aromatic N) is 2. The summed E-state index contributed by atoms with van der Waals surface area (Å²) < 4.78 is 44.1. The van der Waals surface area contributed by atoms with E-state index in [0.29, 0.717) is 5.69 Å². The predicted molar refractivity (Wildman–Crippen MR) is 74.2 cm³/mol. The van der Waals surface area contributed by atoms with Crippen molar-refractivity contribution in [1.29, 1.82) is 0 Å². The molecule has 1 aromatic rings. The van der Waals surface area contributed by atoms with E-state index in [-0.39, 0.29) is 13.1 Å². The van der Waals surface area contributed by atoms with Crippen LogP contribution in [0.15, 0.2) is 6.07 Å². The first-order valence-electron chi connectivity index (χ1n) is 6.72. The van der Waals surface area contributed by atoms with Gasteiger partial charge in [0.15, 0.2) is 5.69 Å². The first kappa shape index (κ1) is 18.3. The Labute approximate surface area is 126 Å². The molecule has 1 amide bonds. The van der Waals surface area contributed by atoms with Gasteiger partial charge in [-0.2, -0.15) is 18.3 Å². The summed E-state index contributed by atoms with van der Waals surface area (Å²) >= 11 is 0. The number of amides is 1. The van der Waals surface area contributed by atoms with E-state index in [2.05, 4.69) is 10.4 Å². The number of nitrogens with two attached hydrogens (primary N) is 1. The topological polar surface area (TPSA) is 82.2 Å². The van der Waals surface area contributed by atoms with E-state index in [1.807, 2.05) is 0 Å².